The van der Waals surface area contributed by atoms with Gasteiger partial charge in [-0.2, -0.15) is 13.2 Å². The van der Waals surface area contributed by atoms with E-state index in [0.29, 0.717) is 0 Å². The van der Waals surface area contributed by atoms with Crippen LogP contribution in [0, 0.1) is 0 Å². The highest BCUT2D eigenvalue weighted by molar-refractivity contribution is 8.02. The molecule has 0 radical (unpaired) electrons. The Balaban J connectivity index is 2.37. The Labute approximate surface area is 99.2 Å². The van der Waals surface area contributed by atoms with Crippen molar-refractivity contribution in [1.29, 1.82) is 0 Å². The van der Waals surface area contributed by atoms with Crippen LogP contribution in [0.2, 0.25) is 0 Å². The van der Waals surface area contributed by atoms with Gasteiger partial charge in [-0.25, -0.2) is 0 Å². The van der Waals surface area contributed by atoms with E-state index >= 15 is 0 Å². The van der Waals surface area contributed by atoms with Crippen molar-refractivity contribution in [1.82, 2.24) is 5.32 Å². The highest BCUT2D eigenvalue weighted by Crippen LogP contribution is 2.27. The first kappa shape index (κ1) is 13.4. The largest absolute Gasteiger partial charge is 0.405 e. The van der Waals surface area contributed by atoms with Gasteiger partial charge >= 0.3 is 6.18 Å². The van der Waals surface area contributed by atoms with E-state index in [1.54, 1.807) is 6.92 Å². The fourth-order valence-electron chi connectivity index (χ4n) is 0.889. The number of amides is 1. The standard InChI is InChI=1S/C9H10F3NOS2/c1-6(16-7-3-2-4-15-7)8(14)13-5-9(10,11)12/h2-4,6H,5H2,1H3,(H,13,14)/t6-/m1/s1. The van der Waals surface area contributed by atoms with Crippen molar-refractivity contribution in [2.24, 2.45) is 0 Å². The molecule has 0 aliphatic heterocycles. The normalized spacial score (nSPS) is 13.5. The fourth-order valence-corrected chi connectivity index (χ4v) is 2.86. The van der Waals surface area contributed by atoms with Gasteiger partial charge in [0.15, 0.2) is 0 Å². The number of carbonyl (C=O) groups excluding carboxylic acids is 1. The molecule has 0 bridgehead atoms. The van der Waals surface area contributed by atoms with Crippen molar-refractivity contribution >= 4 is 29.0 Å². The molecule has 0 saturated heterocycles. The fraction of sp³-hybridized carbons (Fsp3) is 0.444. The van der Waals surface area contributed by atoms with Crippen LogP contribution < -0.4 is 5.32 Å². The SMILES string of the molecule is C[C@@H](Sc1cccs1)C(=O)NCC(F)(F)F. The van der Waals surface area contributed by atoms with Crippen LogP contribution in [-0.4, -0.2) is 23.9 Å². The van der Waals surface area contributed by atoms with Gasteiger partial charge in [0, 0.05) is 0 Å². The van der Waals surface area contributed by atoms with Gasteiger partial charge in [0.05, 0.1) is 9.46 Å². The zero-order valence-corrected chi connectivity index (χ0v) is 10.0. The molecule has 90 valence electrons. The van der Waals surface area contributed by atoms with Crippen LogP contribution >= 0.6 is 23.1 Å². The summed E-state index contributed by atoms with van der Waals surface area (Å²) in [6.07, 6.45) is -4.36. The van der Waals surface area contributed by atoms with E-state index in [0.717, 1.165) is 4.21 Å². The molecular formula is C9H10F3NOS2. The number of alkyl halides is 3. The molecule has 1 atom stereocenters. The van der Waals surface area contributed by atoms with E-state index in [2.05, 4.69) is 0 Å². The molecule has 0 aromatic carbocycles. The van der Waals surface area contributed by atoms with Gasteiger partial charge in [-0.1, -0.05) is 6.07 Å². The lowest BCUT2D eigenvalue weighted by Crippen LogP contribution is -2.37. The molecule has 0 unspecified atom stereocenters. The van der Waals surface area contributed by atoms with E-state index in [9.17, 15) is 18.0 Å². The van der Waals surface area contributed by atoms with Gasteiger partial charge in [0.1, 0.15) is 6.54 Å². The molecule has 1 N–H and O–H groups in total. The second kappa shape index (κ2) is 5.58. The summed E-state index contributed by atoms with van der Waals surface area (Å²) in [7, 11) is 0. The zero-order chi connectivity index (χ0) is 12.2. The highest BCUT2D eigenvalue weighted by atomic mass is 32.2. The molecule has 1 rings (SSSR count). The van der Waals surface area contributed by atoms with Crippen molar-refractivity contribution < 1.29 is 18.0 Å². The van der Waals surface area contributed by atoms with Gasteiger partial charge in [-0.3, -0.25) is 4.79 Å². The van der Waals surface area contributed by atoms with Gasteiger partial charge in [0.2, 0.25) is 5.91 Å². The molecule has 1 heterocycles. The number of halogens is 3. The van der Waals surface area contributed by atoms with Gasteiger partial charge in [-0.05, 0) is 18.4 Å². The number of nitrogens with one attached hydrogen (secondary N) is 1. The van der Waals surface area contributed by atoms with Crippen LogP contribution in [0.1, 0.15) is 6.92 Å². The Morgan fingerprint density at radius 2 is 2.31 bits per heavy atom. The van der Waals surface area contributed by atoms with Crippen LogP contribution in [0.3, 0.4) is 0 Å². The van der Waals surface area contributed by atoms with Crippen molar-refractivity contribution in [2.75, 3.05) is 6.54 Å². The number of hydrogen-bond donors (Lipinski definition) is 1. The summed E-state index contributed by atoms with van der Waals surface area (Å²) < 4.78 is 36.4. The Hall–Kier alpha value is -0.690. The smallest absolute Gasteiger partial charge is 0.346 e. The number of carbonyl (C=O) groups is 1. The lowest BCUT2D eigenvalue weighted by molar-refractivity contribution is -0.137. The third-order valence-corrected chi connectivity index (χ3v) is 3.80. The minimum atomic E-state index is -4.36. The maximum Gasteiger partial charge on any atom is 0.405 e. The summed E-state index contributed by atoms with van der Waals surface area (Å²) in [6, 6.07) is 3.65. The summed E-state index contributed by atoms with van der Waals surface area (Å²) in [4.78, 5) is 11.3. The molecule has 0 aliphatic carbocycles. The van der Waals surface area contributed by atoms with E-state index in [4.69, 9.17) is 0 Å². The van der Waals surface area contributed by atoms with E-state index in [-0.39, 0.29) is 0 Å². The maximum absolute atomic E-state index is 11.8. The molecule has 0 aliphatic rings. The third-order valence-electron chi connectivity index (χ3n) is 1.62. The van der Waals surface area contributed by atoms with E-state index < -0.39 is 23.9 Å². The van der Waals surface area contributed by atoms with Gasteiger partial charge in [0.25, 0.3) is 0 Å². The monoisotopic (exact) mass is 269 g/mol. The third kappa shape index (κ3) is 4.89. The van der Waals surface area contributed by atoms with Crippen LogP contribution in [-0.2, 0) is 4.79 Å². The number of thiophene rings is 1. The molecule has 1 aromatic heterocycles. The molecule has 7 heteroatoms. The van der Waals surface area contributed by atoms with E-state index in [1.807, 2.05) is 22.8 Å². The predicted octanol–water partition coefficient (Wildman–Crippen LogP) is 2.91. The summed E-state index contributed by atoms with van der Waals surface area (Å²) in [5, 5.41) is 3.18. The second-order valence-electron chi connectivity index (χ2n) is 3.03. The summed E-state index contributed by atoms with van der Waals surface area (Å²) >= 11 is 2.70. The minimum Gasteiger partial charge on any atom is -0.346 e. The predicted molar refractivity (Wildman–Crippen MR) is 58.7 cm³/mol. The Morgan fingerprint density at radius 1 is 1.62 bits per heavy atom. The Kier molecular flexibility index (Phi) is 4.67. The molecule has 0 fully saturated rings. The first-order valence-corrected chi connectivity index (χ1v) is 6.19. The summed E-state index contributed by atoms with van der Waals surface area (Å²) in [5.41, 5.74) is 0. The maximum atomic E-state index is 11.8. The van der Waals surface area contributed by atoms with Crippen LogP contribution in [0.15, 0.2) is 21.7 Å². The van der Waals surface area contributed by atoms with Crippen molar-refractivity contribution in [2.45, 2.75) is 22.6 Å². The number of hydrogen-bond acceptors (Lipinski definition) is 3. The molecule has 1 amide bonds. The summed E-state index contributed by atoms with van der Waals surface area (Å²) in [5.74, 6) is -0.601. The summed E-state index contributed by atoms with van der Waals surface area (Å²) in [6.45, 7) is 0.303. The lowest BCUT2D eigenvalue weighted by Gasteiger charge is -2.12. The molecule has 0 spiro atoms. The van der Waals surface area contributed by atoms with Crippen LogP contribution in [0.4, 0.5) is 13.2 Å². The average Bonchev–Trinajstić information content (AvgIpc) is 2.65. The molecule has 1 aromatic rings. The second-order valence-corrected chi connectivity index (χ2v) is 5.61. The Morgan fingerprint density at radius 3 is 2.81 bits per heavy atom. The van der Waals surface area contributed by atoms with Gasteiger partial charge < -0.3 is 5.32 Å². The quantitative estimate of drug-likeness (QED) is 0.852. The van der Waals surface area contributed by atoms with Crippen molar-refractivity contribution in [3.05, 3.63) is 17.5 Å². The van der Waals surface area contributed by atoms with Crippen molar-refractivity contribution in [3.63, 3.8) is 0 Å². The Bertz CT molecular complexity index is 337. The molecule has 2 nitrogen and oxygen atoms in total. The first-order valence-electron chi connectivity index (χ1n) is 4.43. The van der Waals surface area contributed by atoms with Gasteiger partial charge in [-0.15, -0.1) is 23.1 Å². The molecular weight excluding hydrogens is 259 g/mol. The minimum absolute atomic E-state index is 0.527. The van der Waals surface area contributed by atoms with Crippen LogP contribution in [0.5, 0.6) is 0 Å². The zero-order valence-electron chi connectivity index (χ0n) is 8.38. The highest BCUT2D eigenvalue weighted by Gasteiger charge is 2.28. The van der Waals surface area contributed by atoms with Crippen LogP contribution in [0.25, 0.3) is 0 Å². The lowest BCUT2D eigenvalue weighted by atomic mass is 10.4. The average molecular weight is 269 g/mol. The molecule has 0 saturated carbocycles. The number of thioether (sulfide) groups is 1. The van der Waals surface area contributed by atoms with E-state index in [1.165, 1.54) is 23.1 Å². The topological polar surface area (TPSA) is 29.1 Å². The van der Waals surface area contributed by atoms with Crippen molar-refractivity contribution in [3.8, 4) is 0 Å². The number of rotatable bonds is 4. The first-order chi connectivity index (χ1) is 7.38. The molecule has 16 heavy (non-hydrogen) atoms.